The number of hydrogen-bond donors (Lipinski definition) is 1. The molecule has 0 saturated heterocycles. The monoisotopic (exact) mass is 319 g/mol. The summed E-state index contributed by atoms with van der Waals surface area (Å²) in [6.07, 6.45) is 1.82. The van der Waals surface area contributed by atoms with Gasteiger partial charge in [0.2, 0.25) is 0 Å². The molecule has 2 N–H and O–H groups in total. The number of hydrogen-bond acceptors (Lipinski definition) is 2. The largest absolute Gasteiger partial charge is 0.382 e. The summed E-state index contributed by atoms with van der Waals surface area (Å²) in [4.78, 5) is 0. The van der Waals surface area contributed by atoms with Crippen molar-refractivity contribution < 1.29 is 0 Å². The number of nitrogens with two attached hydrogens (primary N) is 1. The van der Waals surface area contributed by atoms with Gasteiger partial charge >= 0.3 is 0 Å². The Kier molecular flexibility index (Phi) is 2.64. The van der Waals surface area contributed by atoms with Crippen LogP contribution in [0.5, 0.6) is 0 Å². The van der Waals surface area contributed by atoms with Crippen LogP contribution in [0, 0.1) is 3.57 Å². The summed E-state index contributed by atoms with van der Waals surface area (Å²) in [5.41, 5.74) is 6.51. The average molecular weight is 320 g/mol. The summed E-state index contributed by atoms with van der Waals surface area (Å²) in [5, 5.41) is 4.84. The fourth-order valence-electron chi connectivity index (χ4n) is 1.14. The van der Waals surface area contributed by atoms with Gasteiger partial charge in [0.1, 0.15) is 5.82 Å². The molecule has 0 aliphatic heterocycles. The molecule has 0 aliphatic carbocycles. The van der Waals surface area contributed by atoms with E-state index in [0.717, 1.165) is 14.3 Å². The maximum Gasteiger partial charge on any atom is 0.145 e. The number of rotatable bonds is 1. The van der Waals surface area contributed by atoms with Gasteiger partial charge in [0.05, 0.1) is 5.69 Å². The van der Waals surface area contributed by atoms with Gasteiger partial charge in [-0.05, 0) is 40.8 Å². The lowest BCUT2D eigenvalue weighted by Crippen LogP contribution is -1.98. The summed E-state index contributed by atoms with van der Waals surface area (Å²) in [6.45, 7) is 0. The number of halogens is 2. The predicted molar refractivity (Wildman–Crippen MR) is 65.7 cm³/mol. The minimum absolute atomic E-state index is 0.510. The van der Waals surface area contributed by atoms with Gasteiger partial charge in [-0.25, -0.2) is 4.68 Å². The third-order valence-electron chi connectivity index (χ3n) is 1.77. The van der Waals surface area contributed by atoms with Gasteiger partial charge in [-0.3, -0.25) is 0 Å². The summed E-state index contributed by atoms with van der Waals surface area (Å²) >= 11 is 8.06. The average Bonchev–Trinajstić information content (AvgIpc) is 2.51. The van der Waals surface area contributed by atoms with Gasteiger partial charge in [0, 0.05) is 20.9 Å². The van der Waals surface area contributed by atoms with Gasteiger partial charge < -0.3 is 5.73 Å². The summed E-state index contributed by atoms with van der Waals surface area (Å²) in [6, 6.07) is 7.38. The normalized spacial score (nSPS) is 10.4. The minimum atomic E-state index is 0.510. The highest BCUT2D eigenvalue weighted by atomic mass is 127. The number of benzene rings is 1. The second-order valence-corrected chi connectivity index (χ2v) is 4.38. The third kappa shape index (κ3) is 1.85. The van der Waals surface area contributed by atoms with E-state index in [9.17, 15) is 0 Å². The zero-order valence-corrected chi connectivity index (χ0v) is 10.0. The minimum Gasteiger partial charge on any atom is -0.382 e. The van der Waals surface area contributed by atoms with Crippen molar-refractivity contribution >= 4 is 40.0 Å². The maximum absolute atomic E-state index is 5.85. The van der Waals surface area contributed by atoms with E-state index >= 15 is 0 Å². The van der Waals surface area contributed by atoms with Crippen LogP contribution in [0.4, 0.5) is 5.82 Å². The Morgan fingerprint density at radius 2 is 2.14 bits per heavy atom. The van der Waals surface area contributed by atoms with Crippen LogP contribution in [-0.4, -0.2) is 9.78 Å². The standard InChI is InChI=1S/C9H7ClIN3/c10-6-1-2-8(7(11)5-6)14-4-3-9(12)13-14/h1-5H,(H2,12,13). The lowest BCUT2D eigenvalue weighted by Gasteiger charge is -2.04. The van der Waals surface area contributed by atoms with Crippen molar-refractivity contribution in [3.8, 4) is 5.69 Å². The van der Waals surface area contributed by atoms with E-state index < -0.39 is 0 Å². The molecule has 0 amide bonds. The van der Waals surface area contributed by atoms with Crippen LogP contribution in [0.3, 0.4) is 0 Å². The van der Waals surface area contributed by atoms with Gasteiger partial charge in [-0.15, -0.1) is 0 Å². The Bertz CT molecular complexity index is 467. The van der Waals surface area contributed by atoms with Crippen molar-refractivity contribution in [3.63, 3.8) is 0 Å². The lowest BCUT2D eigenvalue weighted by atomic mass is 10.3. The molecule has 0 radical (unpaired) electrons. The van der Waals surface area contributed by atoms with Crippen molar-refractivity contribution in [2.45, 2.75) is 0 Å². The molecule has 1 aromatic heterocycles. The van der Waals surface area contributed by atoms with Crippen molar-refractivity contribution in [1.82, 2.24) is 9.78 Å². The Balaban J connectivity index is 2.52. The van der Waals surface area contributed by atoms with E-state index in [4.69, 9.17) is 17.3 Å². The molecule has 14 heavy (non-hydrogen) atoms. The number of anilines is 1. The van der Waals surface area contributed by atoms with Crippen molar-refractivity contribution in [1.29, 1.82) is 0 Å². The Morgan fingerprint density at radius 3 is 2.71 bits per heavy atom. The van der Waals surface area contributed by atoms with Crippen LogP contribution in [0.2, 0.25) is 5.02 Å². The molecule has 0 spiro atoms. The van der Waals surface area contributed by atoms with E-state index in [1.807, 2.05) is 24.4 Å². The zero-order chi connectivity index (χ0) is 10.1. The van der Waals surface area contributed by atoms with E-state index in [1.165, 1.54) is 0 Å². The molecule has 1 aromatic carbocycles. The molecule has 3 nitrogen and oxygen atoms in total. The van der Waals surface area contributed by atoms with Gasteiger partial charge in [-0.2, -0.15) is 5.10 Å². The molecule has 2 aromatic rings. The van der Waals surface area contributed by atoms with Crippen molar-refractivity contribution in [2.75, 3.05) is 5.73 Å². The zero-order valence-electron chi connectivity index (χ0n) is 7.11. The summed E-state index contributed by atoms with van der Waals surface area (Å²) in [7, 11) is 0. The van der Waals surface area contributed by atoms with Crippen LogP contribution in [0.25, 0.3) is 5.69 Å². The number of nitrogens with zero attached hydrogens (tertiary/aromatic N) is 2. The summed E-state index contributed by atoms with van der Waals surface area (Å²) < 4.78 is 2.77. The van der Waals surface area contributed by atoms with E-state index in [1.54, 1.807) is 10.7 Å². The van der Waals surface area contributed by atoms with Gasteiger partial charge in [0.15, 0.2) is 0 Å². The lowest BCUT2D eigenvalue weighted by molar-refractivity contribution is 0.881. The van der Waals surface area contributed by atoms with Crippen LogP contribution in [0.1, 0.15) is 0 Å². The number of aromatic nitrogens is 2. The van der Waals surface area contributed by atoms with E-state index in [-0.39, 0.29) is 0 Å². The highest BCUT2D eigenvalue weighted by molar-refractivity contribution is 14.1. The van der Waals surface area contributed by atoms with Gasteiger partial charge in [-0.1, -0.05) is 11.6 Å². The Morgan fingerprint density at radius 1 is 1.36 bits per heavy atom. The van der Waals surface area contributed by atoms with E-state index in [0.29, 0.717) is 5.82 Å². The smallest absolute Gasteiger partial charge is 0.145 e. The summed E-state index contributed by atoms with van der Waals surface area (Å²) in [5.74, 6) is 0.510. The first kappa shape index (κ1) is 9.79. The quantitative estimate of drug-likeness (QED) is 0.821. The molecule has 0 bridgehead atoms. The van der Waals surface area contributed by atoms with Crippen LogP contribution in [-0.2, 0) is 0 Å². The molecular formula is C9H7ClIN3. The second-order valence-electron chi connectivity index (χ2n) is 2.78. The first-order chi connectivity index (χ1) is 6.66. The molecule has 1 heterocycles. The van der Waals surface area contributed by atoms with Crippen LogP contribution < -0.4 is 5.73 Å². The molecule has 5 heteroatoms. The van der Waals surface area contributed by atoms with Crippen LogP contribution >= 0.6 is 34.2 Å². The maximum atomic E-state index is 5.85. The van der Waals surface area contributed by atoms with Crippen molar-refractivity contribution in [3.05, 3.63) is 39.1 Å². The Labute approximate surface area is 100 Å². The topological polar surface area (TPSA) is 43.8 Å². The molecule has 2 rings (SSSR count). The first-order valence-electron chi connectivity index (χ1n) is 3.93. The van der Waals surface area contributed by atoms with Gasteiger partial charge in [0.25, 0.3) is 0 Å². The van der Waals surface area contributed by atoms with Crippen LogP contribution in [0.15, 0.2) is 30.5 Å². The fraction of sp³-hybridized carbons (Fsp3) is 0. The van der Waals surface area contributed by atoms with E-state index in [2.05, 4.69) is 27.7 Å². The molecule has 72 valence electrons. The van der Waals surface area contributed by atoms with Crippen molar-refractivity contribution in [2.24, 2.45) is 0 Å². The number of nitrogen functional groups attached to an aromatic ring is 1. The second kappa shape index (κ2) is 3.78. The molecule has 0 unspecified atom stereocenters. The highest BCUT2D eigenvalue weighted by Gasteiger charge is 2.03. The predicted octanol–water partition coefficient (Wildman–Crippen LogP) is 2.71. The molecule has 0 fully saturated rings. The molecule has 0 atom stereocenters. The Hall–Kier alpha value is -0.750. The third-order valence-corrected chi connectivity index (χ3v) is 2.87. The molecular weight excluding hydrogens is 312 g/mol. The highest BCUT2D eigenvalue weighted by Crippen LogP contribution is 2.21. The first-order valence-corrected chi connectivity index (χ1v) is 5.39. The SMILES string of the molecule is Nc1ccn(-c2ccc(Cl)cc2I)n1. The molecule has 0 saturated carbocycles. The fourth-order valence-corrected chi connectivity index (χ4v) is 2.26. The molecule has 0 aliphatic rings.